The van der Waals surface area contributed by atoms with Gasteiger partial charge in [-0.25, -0.2) is 0 Å². The summed E-state index contributed by atoms with van der Waals surface area (Å²) in [7, 11) is 0. The highest BCUT2D eigenvalue weighted by atomic mass is 16.6. The summed E-state index contributed by atoms with van der Waals surface area (Å²) in [5.41, 5.74) is 4.66. The van der Waals surface area contributed by atoms with E-state index in [2.05, 4.69) is 0 Å². The fourth-order valence-electron chi connectivity index (χ4n) is 6.55. The van der Waals surface area contributed by atoms with Crippen LogP contribution >= 0.6 is 0 Å². The Labute approximate surface area is 236 Å². The Balaban J connectivity index is 1.51. The summed E-state index contributed by atoms with van der Waals surface area (Å²) >= 11 is 0. The van der Waals surface area contributed by atoms with E-state index in [1.54, 1.807) is 24.3 Å². The first kappa shape index (κ1) is 23.8. The molecule has 2 aliphatic rings. The molecule has 6 aromatic carbocycles. The minimum atomic E-state index is -0.539. The van der Waals surface area contributed by atoms with Crippen LogP contribution in [0.15, 0.2) is 97.1 Å². The van der Waals surface area contributed by atoms with E-state index in [1.165, 1.54) is 24.3 Å². The number of ketones is 2. The molecule has 0 bridgehead atoms. The summed E-state index contributed by atoms with van der Waals surface area (Å²) in [5.74, 6) is -0.471. The van der Waals surface area contributed by atoms with Crippen LogP contribution in [0, 0.1) is 20.2 Å². The molecule has 0 radical (unpaired) electrons. The van der Waals surface area contributed by atoms with Crippen molar-refractivity contribution in [3.05, 3.63) is 140 Å². The Morgan fingerprint density at radius 1 is 0.476 bits per heavy atom. The number of hydrogen-bond donors (Lipinski definition) is 0. The van der Waals surface area contributed by atoms with E-state index in [9.17, 15) is 29.8 Å². The second-order valence-corrected chi connectivity index (χ2v) is 10.4. The van der Waals surface area contributed by atoms with E-state index in [-0.39, 0.29) is 39.2 Å². The maximum atomic E-state index is 13.5. The van der Waals surface area contributed by atoms with Crippen LogP contribution in [-0.4, -0.2) is 21.4 Å². The van der Waals surface area contributed by atoms with E-state index >= 15 is 0 Å². The third-order valence-corrected chi connectivity index (χ3v) is 8.30. The molecule has 198 valence electrons. The minimum Gasteiger partial charge on any atom is -0.289 e. The second-order valence-electron chi connectivity index (χ2n) is 10.4. The van der Waals surface area contributed by atoms with E-state index in [1.807, 2.05) is 48.5 Å². The Morgan fingerprint density at radius 3 is 1.88 bits per heavy atom. The Morgan fingerprint density at radius 2 is 1.10 bits per heavy atom. The van der Waals surface area contributed by atoms with Gasteiger partial charge in [-0.2, -0.15) is 0 Å². The summed E-state index contributed by atoms with van der Waals surface area (Å²) in [6.07, 6.45) is 0. The number of carbonyl (C=O) groups is 2. The molecule has 0 saturated heterocycles. The van der Waals surface area contributed by atoms with Gasteiger partial charge in [0.25, 0.3) is 11.4 Å². The summed E-state index contributed by atoms with van der Waals surface area (Å²) in [6.45, 7) is 0. The standard InChI is InChI=1S/C34H16N2O6/c37-33-21-7-2-1-6-20(21)25-14-18(13-17-5-3-8-22(33)30(17)25)19-15-26-28(35(39)40)12-11-24-31(26)27(16-19)32-23(34(24)38)9-4-10-29(32)36(41)42/h1-16H. The molecule has 8 nitrogen and oxygen atoms in total. The molecule has 0 aromatic heterocycles. The fourth-order valence-corrected chi connectivity index (χ4v) is 6.55. The topological polar surface area (TPSA) is 120 Å². The number of non-ortho nitro benzene ring substituents is 1. The van der Waals surface area contributed by atoms with Gasteiger partial charge in [-0.15, -0.1) is 0 Å². The Hall–Kier alpha value is -6.02. The number of carbonyl (C=O) groups excluding carboxylic acids is 2. The molecular weight excluding hydrogens is 532 g/mol. The summed E-state index contributed by atoms with van der Waals surface area (Å²) < 4.78 is 0. The number of fused-ring (bicyclic) bond motifs is 4. The monoisotopic (exact) mass is 548 g/mol. The lowest BCUT2D eigenvalue weighted by molar-refractivity contribution is -0.384. The molecule has 0 fully saturated rings. The predicted molar refractivity (Wildman–Crippen MR) is 158 cm³/mol. The van der Waals surface area contributed by atoms with Crippen LogP contribution in [0.25, 0.3) is 54.9 Å². The van der Waals surface area contributed by atoms with E-state index in [0.717, 1.165) is 21.9 Å². The Kier molecular flexibility index (Phi) is 4.68. The average Bonchev–Trinajstić information content (AvgIpc) is 3.01. The van der Waals surface area contributed by atoms with Gasteiger partial charge in [0.1, 0.15) is 0 Å². The normalized spacial score (nSPS) is 12.8. The van der Waals surface area contributed by atoms with Crippen molar-refractivity contribution in [2.75, 3.05) is 0 Å². The van der Waals surface area contributed by atoms with Crippen LogP contribution in [0.5, 0.6) is 0 Å². The van der Waals surface area contributed by atoms with Crippen molar-refractivity contribution in [2.24, 2.45) is 0 Å². The quantitative estimate of drug-likeness (QED) is 0.163. The molecule has 42 heavy (non-hydrogen) atoms. The lowest BCUT2D eigenvalue weighted by Gasteiger charge is -2.23. The molecule has 2 aliphatic carbocycles. The zero-order valence-corrected chi connectivity index (χ0v) is 21.6. The lowest BCUT2D eigenvalue weighted by Crippen LogP contribution is -2.12. The second kappa shape index (κ2) is 8.25. The number of rotatable bonds is 3. The third-order valence-electron chi connectivity index (χ3n) is 8.30. The van der Waals surface area contributed by atoms with Crippen molar-refractivity contribution in [1.29, 1.82) is 0 Å². The predicted octanol–water partition coefficient (Wildman–Crippen LogP) is 7.90. The molecule has 8 rings (SSSR count). The van der Waals surface area contributed by atoms with Crippen LogP contribution in [-0.2, 0) is 0 Å². The number of nitro benzene ring substituents is 2. The van der Waals surface area contributed by atoms with Crippen LogP contribution < -0.4 is 0 Å². The zero-order chi connectivity index (χ0) is 28.9. The molecule has 0 amide bonds. The van der Waals surface area contributed by atoms with Gasteiger partial charge in [-0.1, -0.05) is 48.5 Å². The molecule has 0 N–H and O–H groups in total. The molecule has 0 heterocycles. The van der Waals surface area contributed by atoms with Crippen LogP contribution in [0.2, 0.25) is 0 Å². The van der Waals surface area contributed by atoms with Crippen LogP contribution in [0.1, 0.15) is 31.8 Å². The van der Waals surface area contributed by atoms with Crippen molar-refractivity contribution >= 4 is 44.5 Å². The van der Waals surface area contributed by atoms with Crippen molar-refractivity contribution in [2.45, 2.75) is 0 Å². The van der Waals surface area contributed by atoms with Gasteiger partial charge in [-0.05, 0) is 69.6 Å². The van der Waals surface area contributed by atoms with Gasteiger partial charge in [-0.3, -0.25) is 29.8 Å². The molecule has 0 spiro atoms. The van der Waals surface area contributed by atoms with Gasteiger partial charge in [0, 0.05) is 45.2 Å². The van der Waals surface area contributed by atoms with Gasteiger partial charge in [0.2, 0.25) is 0 Å². The highest BCUT2D eigenvalue weighted by Crippen LogP contribution is 2.49. The minimum absolute atomic E-state index is 0.0525. The molecule has 8 heteroatoms. The average molecular weight is 549 g/mol. The maximum Gasteiger partial charge on any atom is 0.277 e. The molecule has 0 saturated carbocycles. The molecule has 0 unspecified atom stereocenters. The number of benzene rings is 6. The maximum absolute atomic E-state index is 13.5. The highest BCUT2D eigenvalue weighted by molar-refractivity contribution is 6.29. The van der Waals surface area contributed by atoms with Gasteiger partial charge >= 0.3 is 0 Å². The first-order valence-corrected chi connectivity index (χ1v) is 13.1. The summed E-state index contributed by atoms with van der Waals surface area (Å²) in [4.78, 5) is 50.0. The number of hydrogen-bond acceptors (Lipinski definition) is 6. The molecule has 6 aromatic rings. The molecule has 0 aliphatic heterocycles. The Bertz CT molecular complexity index is 2300. The van der Waals surface area contributed by atoms with Crippen molar-refractivity contribution in [3.63, 3.8) is 0 Å². The number of nitro groups is 2. The van der Waals surface area contributed by atoms with Gasteiger partial charge in [0.15, 0.2) is 11.6 Å². The largest absolute Gasteiger partial charge is 0.289 e. The third kappa shape index (κ3) is 3.06. The van der Waals surface area contributed by atoms with E-state index in [0.29, 0.717) is 33.2 Å². The van der Waals surface area contributed by atoms with Gasteiger partial charge in [0.05, 0.1) is 20.8 Å². The van der Waals surface area contributed by atoms with Crippen molar-refractivity contribution < 1.29 is 19.4 Å². The first-order chi connectivity index (χ1) is 20.3. The van der Waals surface area contributed by atoms with Gasteiger partial charge < -0.3 is 0 Å². The van der Waals surface area contributed by atoms with E-state index < -0.39 is 15.6 Å². The van der Waals surface area contributed by atoms with Crippen LogP contribution in [0.4, 0.5) is 11.4 Å². The smallest absolute Gasteiger partial charge is 0.277 e. The SMILES string of the molecule is O=C1c2ccccc2-c2cc(-c3cc4c5c(ccc([N+](=O)[O-])c5c3)C(=O)c3cccc([N+](=O)[O-])c3-4)cc3cccc1c23. The highest BCUT2D eigenvalue weighted by Gasteiger charge is 2.34. The van der Waals surface area contributed by atoms with Crippen molar-refractivity contribution in [3.8, 4) is 33.4 Å². The number of nitrogens with zero attached hydrogens (tertiary/aromatic N) is 2. The fraction of sp³-hybridized carbons (Fsp3) is 0. The lowest BCUT2D eigenvalue weighted by atomic mass is 9.79. The van der Waals surface area contributed by atoms with E-state index in [4.69, 9.17) is 0 Å². The van der Waals surface area contributed by atoms with Crippen molar-refractivity contribution in [1.82, 2.24) is 0 Å². The summed E-state index contributed by atoms with van der Waals surface area (Å²) in [6, 6.07) is 27.3. The zero-order valence-electron chi connectivity index (χ0n) is 21.6. The molecular formula is C34H16N2O6. The first-order valence-electron chi connectivity index (χ1n) is 13.1. The molecule has 0 atom stereocenters. The van der Waals surface area contributed by atoms with Crippen LogP contribution in [0.3, 0.4) is 0 Å². The summed E-state index contributed by atoms with van der Waals surface area (Å²) in [5, 5.41) is 26.5.